The van der Waals surface area contributed by atoms with E-state index in [0.29, 0.717) is 36.4 Å². The lowest BCUT2D eigenvalue weighted by atomic mass is 9.57. The molecule has 4 saturated heterocycles. The molecule has 0 radical (unpaired) electrons. The second kappa shape index (κ2) is 6.43. The molecular formula is C28H31N3O6. The van der Waals surface area contributed by atoms with Crippen LogP contribution in [0.15, 0.2) is 18.2 Å². The van der Waals surface area contributed by atoms with Gasteiger partial charge < -0.3 is 25.0 Å². The van der Waals surface area contributed by atoms with Gasteiger partial charge in [-0.15, -0.1) is 0 Å². The Morgan fingerprint density at radius 2 is 1.86 bits per heavy atom. The summed E-state index contributed by atoms with van der Waals surface area (Å²) in [5, 5.41) is 6.09. The molecule has 7 aliphatic rings. The number of piperidine rings is 2. The Labute approximate surface area is 214 Å². The van der Waals surface area contributed by atoms with Gasteiger partial charge in [0.1, 0.15) is 22.9 Å². The normalized spacial score (nSPS) is 39.2. The summed E-state index contributed by atoms with van der Waals surface area (Å²) in [5.74, 6) is -1.66. The van der Waals surface area contributed by atoms with Gasteiger partial charge in [0.05, 0.1) is 11.6 Å². The molecule has 194 valence electrons. The molecule has 3 spiro atoms. The molecular weight excluding hydrogens is 474 g/mol. The van der Waals surface area contributed by atoms with Crippen LogP contribution in [-0.2, 0) is 29.3 Å². The van der Waals surface area contributed by atoms with E-state index in [4.69, 9.17) is 9.47 Å². The number of ketones is 1. The molecule has 5 atom stereocenters. The molecule has 1 saturated carbocycles. The molecule has 5 fully saturated rings. The number of nitrogens with one attached hydrogen (secondary N) is 2. The van der Waals surface area contributed by atoms with E-state index < -0.39 is 45.4 Å². The third kappa shape index (κ3) is 2.13. The number of nitrogens with zero attached hydrogens (tertiary/aromatic N) is 1. The molecule has 9 nitrogen and oxygen atoms in total. The zero-order valence-electron chi connectivity index (χ0n) is 21.7. The minimum atomic E-state index is -1.66. The second-order valence-corrected chi connectivity index (χ2v) is 12.3. The van der Waals surface area contributed by atoms with Gasteiger partial charge in [-0.25, -0.2) is 0 Å². The smallest absolute Gasteiger partial charge is 0.254 e. The molecule has 37 heavy (non-hydrogen) atoms. The van der Waals surface area contributed by atoms with E-state index in [-0.39, 0.29) is 24.2 Å². The SMILES string of the molecule is CCO[C@@H]1[C@@]23NC(=O)[C@]4(CCCN4C2=O)C(=O)[C@H]3C(C)(C)[C@]12C(=O)Nc1c2ccc2c1C=CC(C)(C)O2. The van der Waals surface area contributed by atoms with Crippen molar-refractivity contribution >= 4 is 35.3 Å². The molecule has 8 rings (SSSR count). The summed E-state index contributed by atoms with van der Waals surface area (Å²) in [6.45, 7) is 9.99. The molecule has 3 amide bonds. The van der Waals surface area contributed by atoms with Crippen LogP contribution in [-0.4, -0.2) is 64.3 Å². The number of rotatable bonds is 2. The van der Waals surface area contributed by atoms with Crippen LogP contribution in [0, 0.1) is 11.3 Å². The zero-order chi connectivity index (χ0) is 26.3. The van der Waals surface area contributed by atoms with Crippen LogP contribution in [0.3, 0.4) is 0 Å². The number of amides is 3. The number of carbonyl (C=O) groups excluding carboxylic acids is 4. The van der Waals surface area contributed by atoms with Crippen LogP contribution in [0.1, 0.15) is 58.6 Å². The van der Waals surface area contributed by atoms with Gasteiger partial charge in [0, 0.05) is 18.7 Å². The van der Waals surface area contributed by atoms with Crippen LogP contribution < -0.4 is 15.4 Å². The number of benzene rings is 1. The van der Waals surface area contributed by atoms with Crippen LogP contribution in [0.2, 0.25) is 0 Å². The molecule has 6 aliphatic heterocycles. The number of hydrogen-bond donors (Lipinski definition) is 2. The minimum Gasteiger partial charge on any atom is -0.483 e. The Kier molecular flexibility index (Phi) is 3.99. The summed E-state index contributed by atoms with van der Waals surface area (Å²) in [6, 6.07) is 3.70. The van der Waals surface area contributed by atoms with E-state index in [1.807, 2.05) is 52.0 Å². The number of piperazine rings is 1. The van der Waals surface area contributed by atoms with E-state index in [9.17, 15) is 19.2 Å². The Balaban J connectivity index is 1.52. The number of hydrogen-bond acceptors (Lipinski definition) is 6. The maximum absolute atomic E-state index is 14.4. The lowest BCUT2D eigenvalue weighted by Gasteiger charge is -2.58. The summed E-state index contributed by atoms with van der Waals surface area (Å²) in [5.41, 5.74) is -4.12. The van der Waals surface area contributed by atoms with Gasteiger partial charge in [0.25, 0.3) is 11.8 Å². The zero-order valence-corrected chi connectivity index (χ0v) is 21.7. The van der Waals surface area contributed by atoms with Gasteiger partial charge in [-0.2, -0.15) is 0 Å². The number of Topliss-reactive ketones (excluding diaryl/α,β-unsaturated/α-hetero) is 1. The first-order valence-electron chi connectivity index (χ1n) is 13.1. The topological polar surface area (TPSA) is 114 Å². The molecule has 0 aromatic heterocycles. The average molecular weight is 506 g/mol. The van der Waals surface area contributed by atoms with Crippen molar-refractivity contribution in [3.05, 3.63) is 29.3 Å². The fraction of sp³-hybridized carbons (Fsp3) is 0.571. The van der Waals surface area contributed by atoms with Gasteiger partial charge in [-0.05, 0) is 62.8 Å². The first-order valence-corrected chi connectivity index (χ1v) is 13.1. The maximum Gasteiger partial charge on any atom is 0.254 e. The molecule has 9 heteroatoms. The van der Waals surface area contributed by atoms with Crippen molar-refractivity contribution in [2.75, 3.05) is 18.5 Å². The summed E-state index contributed by atoms with van der Waals surface area (Å²) in [7, 11) is 0. The highest BCUT2D eigenvalue weighted by Gasteiger charge is 2.88. The van der Waals surface area contributed by atoms with Gasteiger partial charge in [-0.1, -0.05) is 19.9 Å². The Morgan fingerprint density at radius 1 is 1.11 bits per heavy atom. The molecule has 2 N–H and O–H groups in total. The predicted molar refractivity (Wildman–Crippen MR) is 133 cm³/mol. The fourth-order valence-electron chi connectivity index (χ4n) is 8.62. The van der Waals surface area contributed by atoms with E-state index in [2.05, 4.69) is 10.6 Å². The predicted octanol–water partition coefficient (Wildman–Crippen LogP) is 1.93. The van der Waals surface area contributed by atoms with Gasteiger partial charge in [0.2, 0.25) is 5.91 Å². The van der Waals surface area contributed by atoms with Crippen molar-refractivity contribution < 1.29 is 28.7 Å². The van der Waals surface area contributed by atoms with E-state index in [0.717, 1.165) is 5.56 Å². The van der Waals surface area contributed by atoms with E-state index in [1.165, 1.54) is 4.90 Å². The highest BCUT2D eigenvalue weighted by Crippen LogP contribution is 2.70. The van der Waals surface area contributed by atoms with Crippen molar-refractivity contribution in [2.24, 2.45) is 11.3 Å². The average Bonchev–Trinajstić information content (AvgIpc) is 3.44. The number of anilines is 1. The summed E-state index contributed by atoms with van der Waals surface area (Å²) in [6.07, 6.45) is 3.68. The molecule has 6 heterocycles. The Hall–Kier alpha value is -3.20. The summed E-state index contributed by atoms with van der Waals surface area (Å²) in [4.78, 5) is 58.1. The number of fused-ring (bicyclic) bond motifs is 5. The first-order chi connectivity index (χ1) is 17.4. The van der Waals surface area contributed by atoms with Crippen LogP contribution in [0.5, 0.6) is 5.75 Å². The molecule has 1 aromatic carbocycles. The van der Waals surface area contributed by atoms with Gasteiger partial charge in [-0.3, -0.25) is 19.2 Å². The third-order valence-electron chi connectivity index (χ3n) is 9.93. The summed E-state index contributed by atoms with van der Waals surface area (Å²) >= 11 is 0. The molecule has 1 aliphatic carbocycles. The molecule has 0 unspecified atom stereocenters. The standard InChI is InChI=1S/C28H31N3O6/c1-6-36-20-27(15-8-9-16-14(17(15)29-22(27)34)10-12-24(2,3)37-16)25(4,5)18-19(32)26-11-7-13-31(26)23(35)28(18,20)30-21(26)33/h8-10,12,18,20H,6-7,11,13H2,1-5H3,(H,29,34)(H,30,33)/t18-,20-,26-,27-,28+/m0/s1. The first kappa shape index (κ1) is 23.0. The Bertz CT molecular complexity index is 1380. The van der Waals surface area contributed by atoms with Crippen LogP contribution in [0.4, 0.5) is 5.69 Å². The minimum absolute atomic E-state index is 0.199. The largest absolute Gasteiger partial charge is 0.483 e. The Morgan fingerprint density at radius 3 is 2.59 bits per heavy atom. The van der Waals surface area contributed by atoms with Crippen LogP contribution in [0.25, 0.3) is 6.08 Å². The maximum atomic E-state index is 14.4. The number of ether oxygens (including phenoxy) is 2. The lowest BCUT2D eigenvalue weighted by Crippen LogP contribution is -2.87. The van der Waals surface area contributed by atoms with E-state index >= 15 is 0 Å². The van der Waals surface area contributed by atoms with Crippen molar-refractivity contribution in [1.82, 2.24) is 10.2 Å². The summed E-state index contributed by atoms with van der Waals surface area (Å²) < 4.78 is 12.5. The van der Waals surface area contributed by atoms with Crippen LogP contribution >= 0.6 is 0 Å². The van der Waals surface area contributed by atoms with Crippen molar-refractivity contribution in [3.8, 4) is 5.75 Å². The number of carbonyl (C=O) groups is 4. The lowest BCUT2D eigenvalue weighted by molar-refractivity contribution is -0.186. The monoisotopic (exact) mass is 505 g/mol. The fourth-order valence-corrected chi connectivity index (χ4v) is 8.62. The highest BCUT2D eigenvalue weighted by atomic mass is 16.5. The molecule has 2 bridgehead atoms. The highest BCUT2D eigenvalue weighted by molar-refractivity contribution is 6.26. The second-order valence-electron chi connectivity index (χ2n) is 12.3. The van der Waals surface area contributed by atoms with E-state index in [1.54, 1.807) is 6.92 Å². The van der Waals surface area contributed by atoms with Crippen molar-refractivity contribution in [3.63, 3.8) is 0 Å². The van der Waals surface area contributed by atoms with Crippen molar-refractivity contribution in [2.45, 2.75) is 75.7 Å². The third-order valence-corrected chi connectivity index (χ3v) is 9.93. The van der Waals surface area contributed by atoms with Gasteiger partial charge >= 0.3 is 0 Å². The van der Waals surface area contributed by atoms with Crippen molar-refractivity contribution in [1.29, 1.82) is 0 Å². The molecule has 1 aromatic rings. The van der Waals surface area contributed by atoms with Gasteiger partial charge in [0.15, 0.2) is 16.9 Å². The quantitative estimate of drug-likeness (QED) is 0.594.